The Balaban J connectivity index is 0.00000169. The third-order valence-corrected chi connectivity index (χ3v) is 2.79. The van der Waals surface area contributed by atoms with E-state index in [0.717, 1.165) is 0 Å². The Labute approximate surface area is 130 Å². The zero-order chi connectivity index (χ0) is 10.2. The van der Waals surface area contributed by atoms with Crippen molar-refractivity contribution in [2.45, 2.75) is 11.8 Å². The van der Waals surface area contributed by atoms with Crippen molar-refractivity contribution in [2.75, 3.05) is 5.73 Å². The van der Waals surface area contributed by atoms with Crippen LogP contribution < -0.4 is 57.1 Å². The van der Waals surface area contributed by atoms with Crippen molar-refractivity contribution in [1.29, 1.82) is 0 Å². The van der Waals surface area contributed by atoms with Crippen LogP contribution in [-0.2, 0) is 10.1 Å². The average molecular weight is 260 g/mol. The number of nitrogens with two attached hydrogens (primary N) is 1. The Hall–Kier alpha value is 0.856. The van der Waals surface area contributed by atoms with E-state index >= 15 is 0 Å². The summed E-state index contributed by atoms with van der Waals surface area (Å²) in [5, 5.41) is 0.308. The van der Waals surface area contributed by atoms with Gasteiger partial charge in [-0.2, -0.15) is 0 Å². The van der Waals surface area contributed by atoms with Crippen molar-refractivity contribution in [2.24, 2.45) is 0 Å². The molecule has 0 spiro atoms. The monoisotopic (exact) mass is 259 g/mol. The Morgan fingerprint density at radius 3 is 2.29 bits per heavy atom. The van der Waals surface area contributed by atoms with Gasteiger partial charge in [-0.3, -0.25) is 0 Å². The fourth-order valence-electron chi connectivity index (χ4n) is 1.10. The second-order valence-electron chi connectivity index (χ2n) is 2.60. The normalized spacial score (nSPS) is 10.8. The molecule has 7 heteroatoms. The van der Waals surface area contributed by atoms with E-state index in [1.54, 1.807) is 0 Å². The zero-order valence-corrected chi connectivity index (χ0v) is 12.4. The summed E-state index contributed by atoms with van der Waals surface area (Å²) in [7, 11) is -4.51. The average Bonchev–Trinajstić information content (AvgIpc) is 1.78. The molecule has 0 unspecified atom stereocenters. The van der Waals surface area contributed by atoms with Crippen LogP contribution >= 0.6 is 11.6 Å². The smallest absolute Gasteiger partial charge is 0.744 e. The van der Waals surface area contributed by atoms with E-state index < -0.39 is 15.0 Å². The number of nitrogen functional groups attached to an aromatic ring is 1. The second kappa shape index (κ2) is 5.27. The van der Waals surface area contributed by atoms with Gasteiger partial charge in [0.15, 0.2) is 0 Å². The number of hydrogen-bond acceptors (Lipinski definition) is 4. The minimum absolute atomic E-state index is 0. The molecule has 0 aliphatic carbocycles. The molecule has 0 saturated carbocycles. The third-order valence-electron chi connectivity index (χ3n) is 1.52. The van der Waals surface area contributed by atoms with Crippen molar-refractivity contribution in [3.8, 4) is 0 Å². The van der Waals surface area contributed by atoms with Gasteiger partial charge in [0.1, 0.15) is 10.1 Å². The molecule has 0 aromatic heterocycles. The summed E-state index contributed by atoms with van der Waals surface area (Å²) in [5.74, 6) is 0. The van der Waals surface area contributed by atoms with Crippen molar-refractivity contribution in [3.63, 3.8) is 0 Å². The zero-order valence-electron chi connectivity index (χ0n) is 7.74. The molecule has 0 aliphatic heterocycles. The molecule has 0 aliphatic rings. The van der Waals surface area contributed by atoms with Crippen LogP contribution in [0.3, 0.4) is 0 Å². The molecule has 2 N–H and O–H groups in total. The van der Waals surface area contributed by atoms with E-state index in [1.165, 1.54) is 19.1 Å². The first-order valence-electron chi connectivity index (χ1n) is 3.34. The van der Waals surface area contributed by atoms with E-state index in [-0.39, 0.29) is 62.6 Å². The minimum atomic E-state index is -4.51. The summed E-state index contributed by atoms with van der Waals surface area (Å²) in [6.07, 6.45) is 0. The third kappa shape index (κ3) is 3.46. The van der Waals surface area contributed by atoms with E-state index in [9.17, 15) is 13.0 Å². The molecule has 72 valence electrons. The van der Waals surface area contributed by atoms with Crippen LogP contribution in [-0.4, -0.2) is 13.0 Å². The standard InChI is InChI=1S/C7H8ClNO3S.K/c1-4-2-5(8)3-6(9)7(4)13(10,11)12;/h2-3H,9H2,1H3,(H,10,11,12);/q;+1/p-1. The number of hydrogen-bond donors (Lipinski definition) is 1. The van der Waals surface area contributed by atoms with Crippen LogP contribution in [0, 0.1) is 6.92 Å². The van der Waals surface area contributed by atoms with E-state index in [1.807, 2.05) is 0 Å². The number of aryl methyl sites for hydroxylation is 1. The largest absolute Gasteiger partial charge is 1.00 e. The molecule has 0 atom stereocenters. The molecule has 4 nitrogen and oxygen atoms in total. The molecule has 0 bridgehead atoms. The Morgan fingerprint density at radius 1 is 1.43 bits per heavy atom. The number of rotatable bonds is 1. The van der Waals surface area contributed by atoms with Crippen LogP contribution in [0.5, 0.6) is 0 Å². The van der Waals surface area contributed by atoms with Gasteiger partial charge in [-0.1, -0.05) is 11.6 Å². The summed E-state index contributed by atoms with van der Waals surface area (Å²) in [6, 6.07) is 2.61. The maximum absolute atomic E-state index is 10.7. The van der Waals surface area contributed by atoms with Crippen molar-refractivity contribution < 1.29 is 64.4 Å². The first-order valence-corrected chi connectivity index (χ1v) is 5.12. The van der Waals surface area contributed by atoms with Gasteiger partial charge in [0.05, 0.1) is 10.6 Å². The maximum Gasteiger partial charge on any atom is 1.00 e. The molecule has 1 aromatic carbocycles. The van der Waals surface area contributed by atoms with E-state index in [2.05, 4.69) is 0 Å². The van der Waals surface area contributed by atoms with Gasteiger partial charge >= 0.3 is 51.4 Å². The summed E-state index contributed by atoms with van der Waals surface area (Å²) < 4.78 is 32.1. The first kappa shape index (κ1) is 14.9. The Kier molecular flexibility index (Phi) is 5.59. The quantitative estimate of drug-likeness (QED) is 0.364. The number of halogens is 1. The van der Waals surface area contributed by atoms with Crippen LogP contribution in [0.25, 0.3) is 0 Å². The van der Waals surface area contributed by atoms with Crippen molar-refractivity contribution in [3.05, 3.63) is 22.7 Å². The minimum Gasteiger partial charge on any atom is -0.744 e. The van der Waals surface area contributed by atoms with Gasteiger partial charge in [-0.05, 0) is 24.6 Å². The van der Waals surface area contributed by atoms with Gasteiger partial charge in [-0.25, -0.2) is 8.42 Å². The van der Waals surface area contributed by atoms with Crippen molar-refractivity contribution in [1.82, 2.24) is 0 Å². The molecule has 0 fully saturated rings. The summed E-state index contributed by atoms with van der Waals surface area (Å²) >= 11 is 5.60. The second-order valence-corrected chi connectivity index (χ2v) is 4.35. The van der Waals surface area contributed by atoms with Gasteiger partial charge in [0.2, 0.25) is 0 Å². The maximum atomic E-state index is 10.7. The molecular weight excluding hydrogens is 253 g/mol. The predicted molar refractivity (Wildman–Crippen MR) is 48.6 cm³/mol. The van der Waals surface area contributed by atoms with Crippen LogP contribution in [0.2, 0.25) is 5.02 Å². The van der Waals surface area contributed by atoms with Gasteiger partial charge in [0, 0.05) is 5.02 Å². The first-order chi connectivity index (χ1) is 5.82. The molecule has 0 amide bonds. The molecule has 1 rings (SSSR count). The number of benzene rings is 1. The van der Waals surface area contributed by atoms with E-state index in [0.29, 0.717) is 5.02 Å². The fourth-order valence-corrected chi connectivity index (χ4v) is 2.18. The topological polar surface area (TPSA) is 83.2 Å². The van der Waals surface area contributed by atoms with Gasteiger partial charge in [-0.15, -0.1) is 0 Å². The fraction of sp³-hybridized carbons (Fsp3) is 0.143. The summed E-state index contributed by atoms with van der Waals surface area (Å²) in [6.45, 7) is 1.47. The van der Waals surface area contributed by atoms with E-state index in [4.69, 9.17) is 17.3 Å². The molecular formula is C7H7ClKNO3S. The molecule has 0 saturated heterocycles. The molecule has 1 aromatic rings. The summed E-state index contributed by atoms with van der Waals surface area (Å²) in [4.78, 5) is -0.392. The van der Waals surface area contributed by atoms with Gasteiger partial charge < -0.3 is 10.3 Å². The van der Waals surface area contributed by atoms with Gasteiger partial charge in [0.25, 0.3) is 0 Å². The van der Waals surface area contributed by atoms with Crippen LogP contribution in [0.4, 0.5) is 5.69 Å². The van der Waals surface area contributed by atoms with Crippen molar-refractivity contribution >= 4 is 27.4 Å². The Bertz CT molecular complexity index is 423. The summed E-state index contributed by atoms with van der Waals surface area (Å²) in [5.41, 5.74) is 5.50. The number of anilines is 1. The molecule has 0 radical (unpaired) electrons. The molecule has 0 heterocycles. The Morgan fingerprint density at radius 2 is 1.93 bits per heavy atom. The molecule has 14 heavy (non-hydrogen) atoms. The SMILES string of the molecule is Cc1cc(Cl)cc(N)c1S(=O)(=O)[O-].[K+]. The van der Waals surface area contributed by atoms with Crippen LogP contribution in [0.1, 0.15) is 5.56 Å². The van der Waals surface area contributed by atoms with Crippen LogP contribution in [0.15, 0.2) is 17.0 Å². The predicted octanol–water partition coefficient (Wildman–Crippen LogP) is -1.86.